The maximum absolute atomic E-state index is 13.0. The molecule has 0 spiro atoms. The fourth-order valence-corrected chi connectivity index (χ4v) is 4.38. The van der Waals surface area contributed by atoms with Crippen LogP contribution in [0.5, 0.6) is 0 Å². The molecule has 1 aliphatic rings. The van der Waals surface area contributed by atoms with E-state index in [0.717, 1.165) is 31.2 Å². The van der Waals surface area contributed by atoms with Crippen LogP contribution in [-0.4, -0.2) is 39.6 Å². The molecule has 3 aromatic rings. The number of rotatable bonds is 7. The van der Waals surface area contributed by atoms with Gasteiger partial charge in [-0.25, -0.2) is 9.97 Å². The number of carbonyl (C=O) groups is 1. The minimum absolute atomic E-state index is 0.0269. The van der Waals surface area contributed by atoms with Crippen LogP contribution < -0.4 is 15.8 Å². The summed E-state index contributed by atoms with van der Waals surface area (Å²) in [7, 11) is 0. The molecule has 1 saturated heterocycles. The molecule has 4 rings (SSSR count). The number of benzene rings is 1. The van der Waals surface area contributed by atoms with Crippen LogP contribution in [0.2, 0.25) is 0 Å². The molecule has 1 fully saturated rings. The van der Waals surface area contributed by atoms with E-state index < -0.39 is 0 Å². The maximum atomic E-state index is 13.0. The highest BCUT2D eigenvalue weighted by atomic mass is 16.2. The van der Waals surface area contributed by atoms with Crippen LogP contribution in [0.4, 0.5) is 5.82 Å². The Morgan fingerprint density at radius 2 is 1.91 bits per heavy atom. The summed E-state index contributed by atoms with van der Waals surface area (Å²) < 4.78 is 1.67. The standard InChI is InChI=1S/C25H31N5O2/c1-3-30-22-21(10-7-15-26-22)28-23(25(30)32)29-16-13-20(14-17-29)24(31)27-18(2)11-12-19-8-5-4-6-9-19/h4-10,15,18,20H,3,11-14,16-17H2,1-2H3,(H,27,31). The molecule has 3 heterocycles. The molecule has 0 aliphatic carbocycles. The molecule has 1 N–H and O–H groups in total. The number of anilines is 1. The average molecular weight is 434 g/mol. The summed E-state index contributed by atoms with van der Waals surface area (Å²) >= 11 is 0. The lowest BCUT2D eigenvalue weighted by Crippen LogP contribution is -2.45. The van der Waals surface area contributed by atoms with Gasteiger partial charge in [-0.2, -0.15) is 0 Å². The van der Waals surface area contributed by atoms with E-state index in [1.54, 1.807) is 10.8 Å². The third-order valence-electron chi connectivity index (χ3n) is 6.26. The summed E-state index contributed by atoms with van der Waals surface area (Å²) in [6.07, 6.45) is 4.98. The van der Waals surface area contributed by atoms with Crippen molar-refractivity contribution in [2.75, 3.05) is 18.0 Å². The Balaban J connectivity index is 1.35. The first kappa shape index (κ1) is 22.0. The van der Waals surface area contributed by atoms with Crippen LogP contribution in [0, 0.1) is 5.92 Å². The Labute approximate surface area is 188 Å². The SMILES string of the molecule is CCn1c(=O)c(N2CCC(C(=O)NC(C)CCc3ccccc3)CC2)nc2cccnc21. The molecule has 1 atom stereocenters. The number of amides is 1. The quantitative estimate of drug-likeness (QED) is 0.619. The second-order valence-corrected chi connectivity index (χ2v) is 8.53. The first-order valence-electron chi connectivity index (χ1n) is 11.5. The van der Waals surface area contributed by atoms with E-state index in [-0.39, 0.29) is 23.4 Å². The zero-order chi connectivity index (χ0) is 22.5. The molecule has 32 heavy (non-hydrogen) atoms. The fourth-order valence-electron chi connectivity index (χ4n) is 4.38. The van der Waals surface area contributed by atoms with Crippen LogP contribution in [-0.2, 0) is 17.8 Å². The van der Waals surface area contributed by atoms with Gasteiger partial charge in [0.2, 0.25) is 5.91 Å². The second kappa shape index (κ2) is 9.94. The smallest absolute Gasteiger partial charge is 0.295 e. The average Bonchev–Trinajstić information content (AvgIpc) is 2.83. The fraction of sp³-hybridized carbons (Fsp3) is 0.440. The maximum Gasteiger partial charge on any atom is 0.295 e. The molecular weight excluding hydrogens is 402 g/mol. The highest BCUT2D eigenvalue weighted by molar-refractivity contribution is 5.79. The number of aryl methyl sites for hydroxylation is 2. The van der Waals surface area contributed by atoms with Crippen LogP contribution >= 0.6 is 0 Å². The van der Waals surface area contributed by atoms with Gasteiger partial charge in [0.25, 0.3) is 5.56 Å². The predicted molar refractivity (Wildman–Crippen MR) is 127 cm³/mol. The summed E-state index contributed by atoms with van der Waals surface area (Å²) in [6, 6.07) is 14.2. The Kier molecular flexibility index (Phi) is 6.83. The topological polar surface area (TPSA) is 80.1 Å². The van der Waals surface area contributed by atoms with Crippen molar-refractivity contribution < 1.29 is 4.79 Å². The summed E-state index contributed by atoms with van der Waals surface area (Å²) in [6.45, 7) is 5.84. The molecule has 0 bridgehead atoms. The molecule has 1 aromatic carbocycles. The molecule has 1 unspecified atom stereocenters. The van der Waals surface area contributed by atoms with E-state index in [1.165, 1.54) is 5.56 Å². The van der Waals surface area contributed by atoms with Gasteiger partial charge in [-0.05, 0) is 57.2 Å². The molecule has 7 heteroatoms. The van der Waals surface area contributed by atoms with Crippen LogP contribution in [0.3, 0.4) is 0 Å². The zero-order valence-corrected chi connectivity index (χ0v) is 18.8. The zero-order valence-electron chi connectivity index (χ0n) is 18.8. The summed E-state index contributed by atoms with van der Waals surface area (Å²) in [5.41, 5.74) is 2.51. The molecule has 0 radical (unpaired) electrons. The third-order valence-corrected chi connectivity index (χ3v) is 6.26. The number of aromatic nitrogens is 3. The molecule has 1 aliphatic heterocycles. The van der Waals surface area contributed by atoms with Crippen LogP contribution in [0.15, 0.2) is 53.5 Å². The van der Waals surface area contributed by atoms with E-state index in [4.69, 9.17) is 0 Å². The van der Waals surface area contributed by atoms with E-state index in [1.807, 2.05) is 42.2 Å². The Hall–Kier alpha value is -3.22. The number of fused-ring (bicyclic) bond motifs is 1. The first-order chi connectivity index (χ1) is 15.6. The summed E-state index contributed by atoms with van der Waals surface area (Å²) in [5.74, 6) is 0.551. The van der Waals surface area contributed by atoms with Crippen molar-refractivity contribution in [3.63, 3.8) is 0 Å². The first-order valence-corrected chi connectivity index (χ1v) is 11.5. The normalized spacial score (nSPS) is 15.6. The Morgan fingerprint density at radius 1 is 1.16 bits per heavy atom. The molecule has 1 amide bonds. The van der Waals surface area contributed by atoms with E-state index in [2.05, 4.69) is 34.3 Å². The number of nitrogens with one attached hydrogen (secondary N) is 1. The van der Waals surface area contributed by atoms with Crippen molar-refractivity contribution in [3.05, 3.63) is 64.6 Å². The van der Waals surface area contributed by atoms with Gasteiger partial charge in [-0.15, -0.1) is 0 Å². The van der Waals surface area contributed by atoms with Gasteiger partial charge < -0.3 is 10.2 Å². The van der Waals surface area contributed by atoms with Crippen molar-refractivity contribution >= 4 is 22.9 Å². The number of nitrogens with zero attached hydrogens (tertiary/aromatic N) is 4. The lowest BCUT2D eigenvalue weighted by molar-refractivity contribution is -0.126. The summed E-state index contributed by atoms with van der Waals surface area (Å²) in [5, 5.41) is 3.18. The third kappa shape index (κ3) is 4.82. The van der Waals surface area contributed by atoms with Crippen LogP contribution in [0.1, 0.15) is 38.7 Å². The largest absolute Gasteiger partial charge is 0.353 e. The lowest BCUT2D eigenvalue weighted by atomic mass is 9.95. The molecule has 168 valence electrons. The van der Waals surface area contributed by atoms with Gasteiger partial charge in [0.05, 0.1) is 0 Å². The van der Waals surface area contributed by atoms with Crippen molar-refractivity contribution in [1.82, 2.24) is 19.9 Å². The van der Waals surface area contributed by atoms with Gasteiger partial charge in [0.15, 0.2) is 11.5 Å². The van der Waals surface area contributed by atoms with Gasteiger partial charge >= 0.3 is 0 Å². The number of carbonyl (C=O) groups excluding carboxylic acids is 1. The van der Waals surface area contributed by atoms with Crippen molar-refractivity contribution in [2.24, 2.45) is 5.92 Å². The predicted octanol–water partition coefficient (Wildman–Crippen LogP) is 3.17. The van der Waals surface area contributed by atoms with Gasteiger partial charge in [0.1, 0.15) is 5.52 Å². The van der Waals surface area contributed by atoms with Gasteiger partial charge in [-0.1, -0.05) is 30.3 Å². The highest BCUT2D eigenvalue weighted by Crippen LogP contribution is 2.22. The number of piperidine rings is 1. The Bertz CT molecular complexity index is 1120. The highest BCUT2D eigenvalue weighted by Gasteiger charge is 2.28. The van der Waals surface area contributed by atoms with E-state index >= 15 is 0 Å². The Morgan fingerprint density at radius 3 is 2.62 bits per heavy atom. The second-order valence-electron chi connectivity index (χ2n) is 8.53. The number of hydrogen-bond acceptors (Lipinski definition) is 5. The minimum Gasteiger partial charge on any atom is -0.353 e. The van der Waals surface area contributed by atoms with Crippen molar-refractivity contribution in [3.8, 4) is 0 Å². The van der Waals surface area contributed by atoms with Crippen LogP contribution in [0.25, 0.3) is 11.2 Å². The molecule has 2 aromatic heterocycles. The molecule has 7 nitrogen and oxygen atoms in total. The molecular formula is C25H31N5O2. The van der Waals surface area contributed by atoms with E-state index in [0.29, 0.717) is 31.1 Å². The molecule has 0 saturated carbocycles. The van der Waals surface area contributed by atoms with Gasteiger partial charge in [0, 0.05) is 37.8 Å². The number of hydrogen-bond donors (Lipinski definition) is 1. The van der Waals surface area contributed by atoms with Gasteiger partial charge in [-0.3, -0.25) is 14.2 Å². The van der Waals surface area contributed by atoms with E-state index in [9.17, 15) is 9.59 Å². The monoisotopic (exact) mass is 433 g/mol. The van der Waals surface area contributed by atoms with Crippen molar-refractivity contribution in [2.45, 2.75) is 52.1 Å². The lowest BCUT2D eigenvalue weighted by Gasteiger charge is -2.32. The number of pyridine rings is 1. The van der Waals surface area contributed by atoms with Crippen molar-refractivity contribution in [1.29, 1.82) is 0 Å². The minimum atomic E-state index is -0.115. The summed E-state index contributed by atoms with van der Waals surface area (Å²) in [4.78, 5) is 36.7.